The predicted octanol–water partition coefficient (Wildman–Crippen LogP) is 4.26. The Kier molecular flexibility index (Phi) is 3.90. The molecule has 1 N–H and O–H groups in total. The minimum Gasteiger partial charge on any atom is -0.339 e. The summed E-state index contributed by atoms with van der Waals surface area (Å²) < 4.78 is 15.6. The molecule has 2 heterocycles. The number of hydrogen-bond donors (Lipinski definition) is 1. The minimum atomic E-state index is -0.272. The van der Waals surface area contributed by atoms with E-state index < -0.39 is 0 Å². The summed E-state index contributed by atoms with van der Waals surface area (Å²) in [6.07, 6.45) is 4.14. The maximum atomic E-state index is 13.8. The van der Waals surface area contributed by atoms with Crippen molar-refractivity contribution < 1.29 is 9.18 Å². The molecule has 0 spiro atoms. The Balaban J connectivity index is 1.50. The molecule has 4 nitrogen and oxygen atoms in total. The van der Waals surface area contributed by atoms with Crippen LogP contribution in [0.2, 0.25) is 0 Å². The molecule has 0 bridgehead atoms. The number of halogens is 1. The zero-order valence-electron chi connectivity index (χ0n) is 12.9. The molecular formula is C18H16FN3OS. The van der Waals surface area contributed by atoms with Gasteiger partial charge in [-0.2, -0.15) is 0 Å². The number of hydrogen-bond acceptors (Lipinski definition) is 3. The second-order valence-corrected chi connectivity index (χ2v) is 6.78. The first-order valence-corrected chi connectivity index (χ1v) is 8.74. The SMILES string of the molecule is O=C(Nc1nc(C2CC2)cs1)c1cccn1Cc1ccccc1F. The summed E-state index contributed by atoms with van der Waals surface area (Å²) in [6, 6.07) is 10.1. The fraction of sp³-hybridized carbons (Fsp3) is 0.222. The molecule has 0 aliphatic heterocycles. The van der Waals surface area contributed by atoms with E-state index in [-0.39, 0.29) is 11.7 Å². The van der Waals surface area contributed by atoms with Crippen molar-refractivity contribution in [2.75, 3.05) is 5.32 Å². The molecule has 2 aromatic heterocycles. The van der Waals surface area contributed by atoms with Crippen molar-refractivity contribution in [3.05, 3.63) is 70.7 Å². The lowest BCUT2D eigenvalue weighted by atomic mass is 10.2. The fourth-order valence-electron chi connectivity index (χ4n) is 2.64. The van der Waals surface area contributed by atoms with Gasteiger partial charge >= 0.3 is 0 Å². The van der Waals surface area contributed by atoms with Gasteiger partial charge in [-0.1, -0.05) is 18.2 Å². The molecule has 1 aromatic carbocycles. The van der Waals surface area contributed by atoms with Crippen LogP contribution in [0.1, 0.15) is 40.5 Å². The van der Waals surface area contributed by atoms with Crippen LogP contribution < -0.4 is 5.32 Å². The van der Waals surface area contributed by atoms with Gasteiger partial charge in [-0.05, 0) is 31.0 Å². The maximum absolute atomic E-state index is 13.8. The van der Waals surface area contributed by atoms with Crippen LogP contribution in [-0.2, 0) is 6.54 Å². The summed E-state index contributed by atoms with van der Waals surface area (Å²) in [5, 5.41) is 5.46. The quantitative estimate of drug-likeness (QED) is 0.754. The summed E-state index contributed by atoms with van der Waals surface area (Å²) in [5.41, 5.74) is 2.10. The molecule has 0 radical (unpaired) electrons. The number of benzene rings is 1. The smallest absolute Gasteiger partial charge is 0.274 e. The van der Waals surface area contributed by atoms with E-state index in [1.54, 1.807) is 41.1 Å². The topological polar surface area (TPSA) is 46.9 Å². The van der Waals surface area contributed by atoms with Crippen LogP contribution in [0.3, 0.4) is 0 Å². The Morgan fingerprint density at radius 1 is 1.29 bits per heavy atom. The third kappa shape index (κ3) is 3.10. The number of amides is 1. The van der Waals surface area contributed by atoms with E-state index in [2.05, 4.69) is 10.3 Å². The average molecular weight is 341 g/mol. The van der Waals surface area contributed by atoms with Crippen molar-refractivity contribution in [1.82, 2.24) is 9.55 Å². The highest BCUT2D eigenvalue weighted by Gasteiger charge is 2.26. The van der Waals surface area contributed by atoms with Crippen LogP contribution >= 0.6 is 11.3 Å². The first kappa shape index (κ1) is 15.1. The second-order valence-electron chi connectivity index (χ2n) is 5.92. The molecule has 1 amide bonds. The summed E-state index contributed by atoms with van der Waals surface area (Å²) in [5.74, 6) is 0.0661. The van der Waals surface area contributed by atoms with Crippen molar-refractivity contribution in [3.8, 4) is 0 Å². The maximum Gasteiger partial charge on any atom is 0.274 e. The zero-order valence-corrected chi connectivity index (χ0v) is 13.7. The van der Waals surface area contributed by atoms with Crippen molar-refractivity contribution in [2.24, 2.45) is 0 Å². The highest BCUT2D eigenvalue weighted by molar-refractivity contribution is 7.14. The van der Waals surface area contributed by atoms with Gasteiger partial charge in [0.2, 0.25) is 0 Å². The number of carbonyl (C=O) groups is 1. The van der Waals surface area contributed by atoms with E-state index in [0.717, 1.165) is 5.69 Å². The molecule has 1 aliphatic rings. The van der Waals surface area contributed by atoms with Gasteiger partial charge in [-0.15, -0.1) is 11.3 Å². The minimum absolute atomic E-state index is 0.229. The van der Waals surface area contributed by atoms with E-state index in [1.165, 1.54) is 30.2 Å². The number of rotatable bonds is 5. The molecule has 1 saturated carbocycles. The highest BCUT2D eigenvalue weighted by atomic mass is 32.1. The van der Waals surface area contributed by atoms with E-state index in [4.69, 9.17) is 0 Å². The third-order valence-electron chi connectivity index (χ3n) is 4.10. The average Bonchev–Trinajstić information content (AvgIpc) is 3.14. The lowest BCUT2D eigenvalue weighted by molar-refractivity contribution is 0.101. The first-order chi connectivity index (χ1) is 11.7. The van der Waals surface area contributed by atoms with Gasteiger partial charge in [0.05, 0.1) is 12.2 Å². The molecule has 0 atom stereocenters. The number of nitrogens with zero attached hydrogens (tertiary/aromatic N) is 2. The first-order valence-electron chi connectivity index (χ1n) is 7.86. The Morgan fingerprint density at radius 3 is 2.92 bits per heavy atom. The standard InChI is InChI=1S/C18H16FN3OS/c19-14-5-2-1-4-13(14)10-22-9-3-6-16(22)17(23)21-18-20-15(11-24-18)12-7-8-12/h1-6,9,11-12H,7-8,10H2,(H,20,21,23). The van der Waals surface area contributed by atoms with Gasteiger partial charge in [0, 0.05) is 23.1 Å². The zero-order chi connectivity index (χ0) is 16.5. The number of nitrogens with one attached hydrogen (secondary N) is 1. The molecule has 1 fully saturated rings. The molecule has 122 valence electrons. The van der Waals surface area contributed by atoms with Gasteiger partial charge in [0.15, 0.2) is 5.13 Å². The normalized spacial score (nSPS) is 13.9. The van der Waals surface area contributed by atoms with E-state index in [1.807, 2.05) is 5.38 Å². The summed E-state index contributed by atoms with van der Waals surface area (Å²) in [7, 11) is 0. The van der Waals surface area contributed by atoms with Gasteiger partial charge in [-0.3, -0.25) is 10.1 Å². The molecular weight excluding hydrogens is 325 g/mol. The number of carbonyl (C=O) groups excluding carboxylic acids is 1. The van der Waals surface area contributed by atoms with E-state index in [0.29, 0.717) is 28.9 Å². The van der Waals surface area contributed by atoms with Crippen LogP contribution in [0.15, 0.2) is 48.0 Å². The molecule has 0 saturated heterocycles. The summed E-state index contributed by atoms with van der Waals surface area (Å²) in [4.78, 5) is 17.0. The van der Waals surface area contributed by atoms with Crippen LogP contribution in [0.4, 0.5) is 9.52 Å². The van der Waals surface area contributed by atoms with Crippen LogP contribution in [0.25, 0.3) is 0 Å². The Bertz CT molecular complexity index is 882. The van der Waals surface area contributed by atoms with E-state index >= 15 is 0 Å². The van der Waals surface area contributed by atoms with E-state index in [9.17, 15) is 9.18 Å². The molecule has 24 heavy (non-hydrogen) atoms. The van der Waals surface area contributed by atoms with Crippen LogP contribution in [-0.4, -0.2) is 15.5 Å². The van der Waals surface area contributed by atoms with Crippen LogP contribution in [0, 0.1) is 5.82 Å². The van der Waals surface area contributed by atoms with Crippen molar-refractivity contribution in [1.29, 1.82) is 0 Å². The lowest BCUT2D eigenvalue weighted by Gasteiger charge is -2.09. The Labute approximate surface area is 143 Å². The monoisotopic (exact) mass is 341 g/mol. The van der Waals surface area contributed by atoms with Crippen molar-refractivity contribution in [2.45, 2.75) is 25.3 Å². The van der Waals surface area contributed by atoms with Gasteiger partial charge < -0.3 is 4.57 Å². The van der Waals surface area contributed by atoms with Crippen LogP contribution in [0.5, 0.6) is 0 Å². The molecule has 1 aliphatic carbocycles. The fourth-order valence-corrected chi connectivity index (χ4v) is 3.43. The third-order valence-corrected chi connectivity index (χ3v) is 4.87. The molecule has 0 unspecified atom stereocenters. The number of thiazole rings is 1. The Morgan fingerprint density at radius 2 is 2.12 bits per heavy atom. The highest BCUT2D eigenvalue weighted by Crippen LogP contribution is 2.40. The van der Waals surface area contributed by atoms with Gasteiger partial charge in [0.25, 0.3) is 5.91 Å². The summed E-state index contributed by atoms with van der Waals surface area (Å²) >= 11 is 1.44. The largest absolute Gasteiger partial charge is 0.339 e. The molecule has 4 rings (SSSR count). The molecule has 3 aromatic rings. The van der Waals surface area contributed by atoms with Gasteiger partial charge in [-0.25, -0.2) is 9.37 Å². The predicted molar refractivity (Wildman–Crippen MR) is 92.0 cm³/mol. The summed E-state index contributed by atoms with van der Waals surface area (Å²) in [6.45, 7) is 0.313. The van der Waals surface area contributed by atoms with Crippen molar-refractivity contribution >= 4 is 22.4 Å². The van der Waals surface area contributed by atoms with Gasteiger partial charge in [0.1, 0.15) is 11.5 Å². The lowest BCUT2D eigenvalue weighted by Crippen LogP contribution is -2.17. The van der Waals surface area contributed by atoms with Crippen molar-refractivity contribution in [3.63, 3.8) is 0 Å². The number of aromatic nitrogens is 2. The second kappa shape index (κ2) is 6.20. The molecule has 6 heteroatoms. The Hall–Kier alpha value is -2.47. The number of anilines is 1.